The number of likely N-dealkylation sites (tertiary alicyclic amines) is 1. The predicted molar refractivity (Wildman–Crippen MR) is 95.9 cm³/mol. The van der Waals surface area contributed by atoms with Crippen molar-refractivity contribution in [3.8, 4) is 11.5 Å². The van der Waals surface area contributed by atoms with E-state index in [0.29, 0.717) is 5.89 Å². The summed E-state index contributed by atoms with van der Waals surface area (Å²) in [5.74, 6) is 1.41. The molecule has 3 heterocycles. The van der Waals surface area contributed by atoms with Crippen molar-refractivity contribution in [2.24, 2.45) is 0 Å². The van der Waals surface area contributed by atoms with Gasteiger partial charge in [-0.05, 0) is 42.8 Å². The summed E-state index contributed by atoms with van der Waals surface area (Å²) in [5.41, 5.74) is 2.40. The van der Waals surface area contributed by atoms with Gasteiger partial charge in [-0.3, -0.25) is 4.90 Å². The number of nitrogens with zero attached hydrogens (tertiary/aromatic N) is 3. The van der Waals surface area contributed by atoms with Crippen LogP contribution in [0, 0.1) is 0 Å². The number of aromatic nitrogens is 2. The maximum absolute atomic E-state index is 5.99. The monoisotopic (exact) mass is 339 g/mol. The number of rotatable bonds is 5. The van der Waals surface area contributed by atoms with Gasteiger partial charge >= 0.3 is 0 Å². The highest BCUT2D eigenvalue weighted by Gasteiger charge is 2.28. The van der Waals surface area contributed by atoms with Gasteiger partial charge in [0.1, 0.15) is 0 Å². The summed E-state index contributed by atoms with van der Waals surface area (Å²) in [6, 6.07) is 12.9. The molecule has 1 saturated heterocycles. The van der Waals surface area contributed by atoms with Gasteiger partial charge in [0, 0.05) is 17.5 Å². The van der Waals surface area contributed by atoms with Gasteiger partial charge in [-0.15, -0.1) is 10.2 Å². The standard InChI is InChI=1S/C19H21N3OS/c1-2-6-15(7-3-1)9-12-22-11-5-4-8-17(22)19-21-20-18(23-19)16-10-13-24-14-16/h1-3,6-7,10,13-14,17H,4-5,8-9,11-12H2/t17-/m1/s1. The van der Waals surface area contributed by atoms with Crippen molar-refractivity contribution in [3.63, 3.8) is 0 Å². The normalized spacial score (nSPS) is 18.8. The lowest BCUT2D eigenvalue weighted by atomic mass is 10.0. The van der Waals surface area contributed by atoms with E-state index in [1.807, 2.05) is 16.8 Å². The summed E-state index contributed by atoms with van der Waals surface area (Å²) in [6.07, 6.45) is 4.63. The van der Waals surface area contributed by atoms with Crippen molar-refractivity contribution in [3.05, 3.63) is 58.6 Å². The third-order valence-electron chi connectivity index (χ3n) is 4.64. The molecular formula is C19H21N3OS. The lowest BCUT2D eigenvalue weighted by Crippen LogP contribution is -2.35. The highest BCUT2D eigenvalue weighted by atomic mass is 32.1. The Hall–Kier alpha value is -1.98. The van der Waals surface area contributed by atoms with Crippen LogP contribution < -0.4 is 0 Å². The molecule has 0 aliphatic carbocycles. The van der Waals surface area contributed by atoms with E-state index in [-0.39, 0.29) is 6.04 Å². The quantitative estimate of drug-likeness (QED) is 0.683. The molecule has 0 radical (unpaired) electrons. The molecule has 0 amide bonds. The van der Waals surface area contributed by atoms with Crippen molar-refractivity contribution < 1.29 is 4.42 Å². The Morgan fingerprint density at radius 3 is 2.88 bits per heavy atom. The first-order valence-electron chi connectivity index (χ1n) is 8.54. The van der Waals surface area contributed by atoms with Crippen molar-refractivity contribution >= 4 is 11.3 Å². The summed E-state index contributed by atoms with van der Waals surface area (Å²) < 4.78 is 5.99. The molecule has 0 spiro atoms. The molecule has 3 aromatic rings. The molecule has 24 heavy (non-hydrogen) atoms. The number of hydrogen-bond acceptors (Lipinski definition) is 5. The Balaban J connectivity index is 1.47. The van der Waals surface area contributed by atoms with E-state index in [2.05, 4.69) is 45.4 Å². The van der Waals surface area contributed by atoms with Crippen LogP contribution in [0.3, 0.4) is 0 Å². The fourth-order valence-corrected chi connectivity index (χ4v) is 3.96. The zero-order valence-corrected chi connectivity index (χ0v) is 14.4. The molecule has 4 rings (SSSR count). The van der Waals surface area contributed by atoms with Crippen LogP contribution in [-0.4, -0.2) is 28.2 Å². The molecule has 1 fully saturated rings. The Morgan fingerprint density at radius 1 is 1.12 bits per heavy atom. The van der Waals surface area contributed by atoms with Crippen LogP contribution in [0.15, 0.2) is 51.6 Å². The third kappa shape index (κ3) is 3.42. The number of piperidine rings is 1. The van der Waals surface area contributed by atoms with Crippen molar-refractivity contribution in [1.82, 2.24) is 15.1 Å². The minimum absolute atomic E-state index is 0.252. The molecule has 0 saturated carbocycles. The zero-order chi connectivity index (χ0) is 16.2. The molecule has 0 unspecified atom stereocenters. The lowest BCUT2D eigenvalue weighted by molar-refractivity contribution is 0.127. The van der Waals surface area contributed by atoms with Gasteiger partial charge in [0.15, 0.2) is 0 Å². The fraction of sp³-hybridized carbons (Fsp3) is 0.368. The van der Waals surface area contributed by atoms with Crippen LogP contribution in [0.4, 0.5) is 0 Å². The summed E-state index contributed by atoms with van der Waals surface area (Å²) in [4.78, 5) is 2.50. The van der Waals surface area contributed by atoms with E-state index in [1.165, 1.54) is 18.4 Å². The summed E-state index contributed by atoms with van der Waals surface area (Å²) in [7, 11) is 0. The van der Waals surface area contributed by atoms with Crippen molar-refractivity contribution in [2.45, 2.75) is 31.7 Å². The molecule has 0 N–H and O–H groups in total. The number of thiophene rings is 1. The second-order valence-corrected chi connectivity index (χ2v) is 7.02. The van der Waals surface area contributed by atoms with Gasteiger partial charge in [0.2, 0.25) is 11.8 Å². The van der Waals surface area contributed by atoms with E-state index >= 15 is 0 Å². The summed E-state index contributed by atoms with van der Waals surface area (Å²) >= 11 is 1.65. The summed E-state index contributed by atoms with van der Waals surface area (Å²) in [5, 5.41) is 12.7. The van der Waals surface area contributed by atoms with E-state index < -0.39 is 0 Å². The minimum atomic E-state index is 0.252. The topological polar surface area (TPSA) is 42.2 Å². The van der Waals surface area contributed by atoms with Crippen LogP contribution in [0.5, 0.6) is 0 Å². The Morgan fingerprint density at radius 2 is 2.04 bits per heavy atom. The van der Waals surface area contributed by atoms with Crippen molar-refractivity contribution in [2.75, 3.05) is 13.1 Å². The molecular weight excluding hydrogens is 318 g/mol. The molecule has 124 valence electrons. The van der Waals surface area contributed by atoms with Gasteiger partial charge in [-0.2, -0.15) is 11.3 Å². The average Bonchev–Trinajstić information content (AvgIpc) is 3.32. The molecule has 2 aromatic heterocycles. The van der Waals surface area contributed by atoms with E-state index in [9.17, 15) is 0 Å². The SMILES string of the molecule is c1ccc(CCN2CCCC[C@@H]2c2nnc(-c3ccsc3)o2)cc1. The van der Waals surface area contributed by atoms with E-state index in [0.717, 1.165) is 37.4 Å². The van der Waals surface area contributed by atoms with Gasteiger partial charge in [0.25, 0.3) is 0 Å². The Labute approximate surface area is 146 Å². The van der Waals surface area contributed by atoms with Crippen LogP contribution in [0.1, 0.15) is 36.8 Å². The lowest BCUT2D eigenvalue weighted by Gasteiger charge is -2.33. The van der Waals surface area contributed by atoms with Gasteiger partial charge in [-0.25, -0.2) is 0 Å². The largest absolute Gasteiger partial charge is 0.419 e. The average molecular weight is 339 g/mol. The second-order valence-electron chi connectivity index (χ2n) is 6.24. The highest BCUT2D eigenvalue weighted by molar-refractivity contribution is 7.08. The van der Waals surface area contributed by atoms with E-state index in [1.54, 1.807) is 11.3 Å². The first kappa shape index (κ1) is 15.5. The summed E-state index contributed by atoms with van der Waals surface area (Å²) in [6.45, 7) is 2.14. The minimum Gasteiger partial charge on any atom is -0.419 e. The molecule has 1 aromatic carbocycles. The van der Waals surface area contributed by atoms with Crippen LogP contribution in [0.2, 0.25) is 0 Å². The molecule has 0 bridgehead atoms. The van der Waals surface area contributed by atoms with Crippen LogP contribution in [0.25, 0.3) is 11.5 Å². The van der Waals surface area contributed by atoms with E-state index in [4.69, 9.17) is 4.42 Å². The highest BCUT2D eigenvalue weighted by Crippen LogP contribution is 2.32. The first-order chi connectivity index (χ1) is 11.9. The Kier molecular flexibility index (Phi) is 4.71. The van der Waals surface area contributed by atoms with Gasteiger partial charge < -0.3 is 4.42 Å². The van der Waals surface area contributed by atoms with Gasteiger partial charge in [-0.1, -0.05) is 36.8 Å². The van der Waals surface area contributed by atoms with Crippen LogP contribution >= 0.6 is 11.3 Å². The zero-order valence-electron chi connectivity index (χ0n) is 13.6. The number of benzene rings is 1. The maximum atomic E-state index is 5.99. The van der Waals surface area contributed by atoms with Crippen LogP contribution in [-0.2, 0) is 6.42 Å². The maximum Gasteiger partial charge on any atom is 0.248 e. The Bertz CT molecular complexity index is 754. The predicted octanol–water partition coefficient (Wildman–Crippen LogP) is 4.57. The molecule has 1 aliphatic heterocycles. The molecule has 1 atom stereocenters. The molecule has 1 aliphatic rings. The third-order valence-corrected chi connectivity index (χ3v) is 5.32. The molecule has 5 heteroatoms. The fourth-order valence-electron chi connectivity index (χ4n) is 3.33. The number of hydrogen-bond donors (Lipinski definition) is 0. The first-order valence-corrected chi connectivity index (χ1v) is 9.48. The molecule has 4 nitrogen and oxygen atoms in total. The smallest absolute Gasteiger partial charge is 0.248 e. The second kappa shape index (κ2) is 7.28. The van der Waals surface area contributed by atoms with Crippen molar-refractivity contribution in [1.29, 1.82) is 0 Å². The van der Waals surface area contributed by atoms with Gasteiger partial charge in [0.05, 0.1) is 6.04 Å².